The van der Waals surface area contributed by atoms with Crippen molar-refractivity contribution in [1.29, 1.82) is 5.26 Å². The molecule has 6 heteroatoms. The van der Waals surface area contributed by atoms with Crippen molar-refractivity contribution in [2.24, 2.45) is 0 Å². The number of hydrogen-bond donors (Lipinski definition) is 1. The number of nitrogens with zero attached hydrogens (tertiary/aromatic N) is 3. The highest BCUT2D eigenvalue weighted by Crippen LogP contribution is 2.14. The highest BCUT2D eigenvalue weighted by atomic mass is 16.6. The molecule has 1 N–H and O–H groups in total. The average Bonchev–Trinajstić information content (AvgIpc) is 2.76. The maximum atomic E-state index is 10.5. The van der Waals surface area contributed by atoms with Crippen molar-refractivity contribution >= 4 is 0 Å². The van der Waals surface area contributed by atoms with E-state index in [-0.39, 0.29) is 0 Å². The SMILES string of the molecule is N#Cc1cccc(CN2CCN/C2=C/[N+](=O)[O-])c1. The smallest absolute Gasteiger partial charge is 0.274 e. The van der Waals surface area contributed by atoms with Crippen LogP contribution in [0.2, 0.25) is 0 Å². The zero-order valence-electron chi connectivity index (χ0n) is 9.67. The molecule has 1 heterocycles. The average molecular weight is 244 g/mol. The predicted octanol–water partition coefficient (Wildman–Crippen LogP) is 1.04. The van der Waals surface area contributed by atoms with Crippen molar-refractivity contribution in [2.45, 2.75) is 6.54 Å². The topological polar surface area (TPSA) is 82.2 Å². The van der Waals surface area contributed by atoms with E-state index in [4.69, 9.17) is 5.26 Å². The Morgan fingerprint density at radius 1 is 1.61 bits per heavy atom. The summed E-state index contributed by atoms with van der Waals surface area (Å²) >= 11 is 0. The summed E-state index contributed by atoms with van der Waals surface area (Å²) in [6.45, 7) is 1.97. The van der Waals surface area contributed by atoms with Crippen LogP contribution < -0.4 is 5.32 Å². The molecule has 92 valence electrons. The molecule has 0 saturated carbocycles. The summed E-state index contributed by atoms with van der Waals surface area (Å²) in [4.78, 5) is 11.9. The van der Waals surface area contributed by atoms with Crippen LogP contribution in [0.25, 0.3) is 0 Å². The molecule has 6 nitrogen and oxygen atoms in total. The fraction of sp³-hybridized carbons (Fsp3) is 0.250. The number of benzene rings is 1. The number of rotatable bonds is 3. The molecule has 0 atom stereocenters. The maximum absolute atomic E-state index is 10.5. The molecule has 0 bridgehead atoms. The summed E-state index contributed by atoms with van der Waals surface area (Å²) in [5, 5.41) is 22.3. The summed E-state index contributed by atoms with van der Waals surface area (Å²) < 4.78 is 0. The molecule has 2 rings (SSSR count). The molecule has 1 aliphatic heterocycles. The molecule has 0 spiro atoms. The van der Waals surface area contributed by atoms with Crippen LogP contribution in [0.5, 0.6) is 0 Å². The van der Waals surface area contributed by atoms with E-state index in [1.807, 2.05) is 17.0 Å². The van der Waals surface area contributed by atoms with E-state index >= 15 is 0 Å². The number of hydrogen-bond acceptors (Lipinski definition) is 5. The quantitative estimate of drug-likeness (QED) is 0.634. The molecule has 1 fully saturated rings. The lowest BCUT2D eigenvalue weighted by Crippen LogP contribution is -2.20. The number of nitrogens with one attached hydrogen (secondary N) is 1. The van der Waals surface area contributed by atoms with E-state index in [0.717, 1.165) is 18.3 Å². The first-order valence-corrected chi connectivity index (χ1v) is 5.52. The Bertz CT molecular complexity index is 533. The summed E-state index contributed by atoms with van der Waals surface area (Å²) in [6, 6.07) is 9.33. The minimum atomic E-state index is -0.466. The van der Waals surface area contributed by atoms with Crippen LogP contribution in [0.4, 0.5) is 0 Å². The minimum Gasteiger partial charge on any atom is -0.365 e. The lowest BCUT2D eigenvalue weighted by molar-refractivity contribution is -0.404. The number of nitriles is 1. The number of nitro groups is 1. The Labute approximate surface area is 104 Å². The van der Waals surface area contributed by atoms with Crippen LogP contribution in [0.3, 0.4) is 0 Å². The van der Waals surface area contributed by atoms with Gasteiger partial charge in [0.15, 0.2) is 5.82 Å². The third-order valence-electron chi connectivity index (χ3n) is 2.69. The largest absolute Gasteiger partial charge is 0.365 e. The van der Waals surface area contributed by atoms with Crippen LogP contribution in [0.1, 0.15) is 11.1 Å². The van der Waals surface area contributed by atoms with E-state index in [2.05, 4.69) is 11.4 Å². The van der Waals surface area contributed by atoms with Gasteiger partial charge in [0.05, 0.1) is 16.6 Å². The van der Waals surface area contributed by atoms with Gasteiger partial charge in [0.25, 0.3) is 6.20 Å². The molecule has 1 aromatic carbocycles. The lowest BCUT2D eigenvalue weighted by Gasteiger charge is -2.17. The van der Waals surface area contributed by atoms with Gasteiger partial charge in [-0.05, 0) is 17.7 Å². The molecule has 18 heavy (non-hydrogen) atoms. The second kappa shape index (κ2) is 5.19. The first-order chi connectivity index (χ1) is 8.69. The van der Waals surface area contributed by atoms with Gasteiger partial charge in [0, 0.05) is 19.6 Å². The van der Waals surface area contributed by atoms with E-state index in [0.29, 0.717) is 24.5 Å². The summed E-state index contributed by atoms with van der Waals surface area (Å²) in [5.41, 5.74) is 1.56. The van der Waals surface area contributed by atoms with Gasteiger partial charge in [-0.1, -0.05) is 12.1 Å². The van der Waals surface area contributed by atoms with Gasteiger partial charge < -0.3 is 10.2 Å². The Hall–Kier alpha value is -2.55. The second-order valence-corrected chi connectivity index (χ2v) is 3.96. The van der Waals surface area contributed by atoms with E-state index < -0.39 is 4.92 Å². The molecule has 0 unspecified atom stereocenters. The third kappa shape index (κ3) is 2.77. The van der Waals surface area contributed by atoms with Crippen molar-refractivity contribution in [2.75, 3.05) is 13.1 Å². The van der Waals surface area contributed by atoms with Gasteiger partial charge >= 0.3 is 0 Å². The zero-order chi connectivity index (χ0) is 13.0. The Morgan fingerprint density at radius 3 is 3.17 bits per heavy atom. The molecular weight excluding hydrogens is 232 g/mol. The van der Waals surface area contributed by atoms with Crippen molar-refractivity contribution in [3.05, 3.63) is 57.5 Å². The van der Waals surface area contributed by atoms with Gasteiger partial charge in [0.1, 0.15) is 0 Å². The molecular formula is C12H12N4O2. The van der Waals surface area contributed by atoms with Gasteiger partial charge in [-0.15, -0.1) is 0 Å². The van der Waals surface area contributed by atoms with Gasteiger partial charge in [-0.3, -0.25) is 10.1 Å². The standard InChI is InChI=1S/C12H12N4O2/c13-7-10-2-1-3-11(6-10)8-15-5-4-14-12(15)9-16(17)18/h1-3,6,9,14H,4-5,8H2/b12-9-. The molecule has 1 aromatic rings. The minimum absolute atomic E-state index is 0.466. The van der Waals surface area contributed by atoms with Crippen LogP contribution >= 0.6 is 0 Å². The summed E-state index contributed by atoms with van der Waals surface area (Å²) in [5.74, 6) is 0.516. The van der Waals surface area contributed by atoms with Crippen molar-refractivity contribution in [1.82, 2.24) is 10.2 Å². The molecule has 1 saturated heterocycles. The van der Waals surface area contributed by atoms with Crippen LogP contribution in [0.15, 0.2) is 36.3 Å². The molecule has 0 amide bonds. The third-order valence-corrected chi connectivity index (χ3v) is 2.69. The Morgan fingerprint density at radius 2 is 2.44 bits per heavy atom. The fourth-order valence-corrected chi connectivity index (χ4v) is 1.90. The van der Waals surface area contributed by atoms with Gasteiger partial charge in [-0.25, -0.2) is 0 Å². The molecule has 0 aromatic heterocycles. The van der Waals surface area contributed by atoms with Crippen molar-refractivity contribution in [3.63, 3.8) is 0 Å². The first-order valence-electron chi connectivity index (χ1n) is 5.52. The fourth-order valence-electron chi connectivity index (χ4n) is 1.90. The van der Waals surface area contributed by atoms with Crippen LogP contribution in [0, 0.1) is 21.4 Å². The second-order valence-electron chi connectivity index (χ2n) is 3.96. The Balaban J connectivity index is 2.13. The highest BCUT2D eigenvalue weighted by molar-refractivity contribution is 5.33. The van der Waals surface area contributed by atoms with Crippen LogP contribution in [-0.4, -0.2) is 22.9 Å². The normalized spacial score (nSPS) is 16.4. The van der Waals surface area contributed by atoms with E-state index in [1.165, 1.54) is 0 Å². The summed E-state index contributed by atoms with van der Waals surface area (Å²) in [6.07, 6.45) is 0.973. The van der Waals surface area contributed by atoms with E-state index in [1.54, 1.807) is 12.1 Å². The molecule has 0 radical (unpaired) electrons. The van der Waals surface area contributed by atoms with Gasteiger partial charge in [-0.2, -0.15) is 5.26 Å². The van der Waals surface area contributed by atoms with E-state index in [9.17, 15) is 10.1 Å². The highest BCUT2D eigenvalue weighted by Gasteiger charge is 2.19. The lowest BCUT2D eigenvalue weighted by atomic mass is 10.1. The molecule has 1 aliphatic rings. The predicted molar refractivity (Wildman–Crippen MR) is 64.6 cm³/mol. The monoisotopic (exact) mass is 244 g/mol. The maximum Gasteiger partial charge on any atom is 0.274 e. The molecule has 0 aliphatic carbocycles. The Kier molecular flexibility index (Phi) is 3.44. The van der Waals surface area contributed by atoms with Crippen molar-refractivity contribution < 1.29 is 4.92 Å². The zero-order valence-corrected chi connectivity index (χ0v) is 9.67. The van der Waals surface area contributed by atoms with Gasteiger partial charge in [0.2, 0.25) is 0 Å². The van der Waals surface area contributed by atoms with Crippen molar-refractivity contribution in [3.8, 4) is 6.07 Å². The van der Waals surface area contributed by atoms with Crippen LogP contribution in [-0.2, 0) is 6.54 Å². The first kappa shape index (κ1) is 11.9. The summed E-state index contributed by atoms with van der Waals surface area (Å²) in [7, 11) is 0.